The van der Waals surface area contributed by atoms with Gasteiger partial charge < -0.3 is 10.6 Å². The molecule has 0 aromatic carbocycles. The molecule has 5 unspecified atom stereocenters. The Hall–Kier alpha value is -0.120. The Morgan fingerprint density at radius 1 is 1.06 bits per heavy atom. The fraction of sp³-hybridized carbons (Fsp3) is 1.00. The highest BCUT2D eigenvalue weighted by Crippen LogP contribution is 2.35. The van der Waals surface area contributed by atoms with Crippen molar-refractivity contribution in [2.45, 2.75) is 50.6 Å². The molecule has 1 saturated carbocycles. The minimum absolute atomic E-state index is 0.753. The van der Waals surface area contributed by atoms with Crippen molar-refractivity contribution in [2.24, 2.45) is 17.6 Å². The zero-order valence-corrected chi connectivity index (χ0v) is 11.9. The predicted molar refractivity (Wildman–Crippen MR) is 75.5 cm³/mol. The first-order valence-corrected chi connectivity index (χ1v) is 7.94. The van der Waals surface area contributed by atoms with Crippen molar-refractivity contribution in [3.8, 4) is 0 Å². The first-order valence-electron chi connectivity index (χ1n) is 7.94. The van der Waals surface area contributed by atoms with E-state index in [0.717, 1.165) is 30.5 Å². The second-order valence-corrected chi connectivity index (χ2v) is 6.72. The summed E-state index contributed by atoms with van der Waals surface area (Å²) in [4.78, 5) is 5.39. The van der Waals surface area contributed by atoms with Crippen LogP contribution in [0.15, 0.2) is 0 Å². The molecule has 3 heteroatoms. The predicted octanol–water partition coefficient (Wildman–Crippen LogP) is 1.53. The Morgan fingerprint density at radius 2 is 1.83 bits per heavy atom. The van der Waals surface area contributed by atoms with Gasteiger partial charge >= 0.3 is 0 Å². The SMILES string of the molecule is CN(C1CCCCC1CN)C1CCN2CCC1C2. The molecular formula is C15H29N3. The van der Waals surface area contributed by atoms with E-state index >= 15 is 0 Å². The van der Waals surface area contributed by atoms with Crippen LogP contribution in [0.2, 0.25) is 0 Å². The molecule has 0 aromatic heterocycles. The van der Waals surface area contributed by atoms with E-state index in [4.69, 9.17) is 5.73 Å². The molecule has 5 atom stereocenters. The van der Waals surface area contributed by atoms with Gasteiger partial charge in [-0.15, -0.1) is 0 Å². The second-order valence-electron chi connectivity index (χ2n) is 6.72. The van der Waals surface area contributed by atoms with Crippen molar-refractivity contribution in [2.75, 3.05) is 33.2 Å². The van der Waals surface area contributed by atoms with E-state index in [9.17, 15) is 0 Å². The van der Waals surface area contributed by atoms with Crippen LogP contribution in [-0.4, -0.2) is 55.1 Å². The third-order valence-corrected chi connectivity index (χ3v) is 5.81. The minimum atomic E-state index is 0.753. The van der Waals surface area contributed by atoms with Crippen LogP contribution in [0, 0.1) is 11.8 Å². The molecular weight excluding hydrogens is 222 g/mol. The summed E-state index contributed by atoms with van der Waals surface area (Å²) < 4.78 is 0. The molecule has 3 nitrogen and oxygen atoms in total. The van der Waals surface area contributed by atoms with Crippen molar-refractivity contribution >= 4 is 0 Å². The van der Waals surface area contributed by atoms with E-state index in [1.54, 1.807) is 0 Å². The molecule has 3 rings (SSSR count). The minimum Gasteiger partial charge on any atom is -0.330 e. The van der Waals surface area contributed by atoms with Crippen molar-refractivity contribution in [1.29, 1.82) is 0 Å². The average Bonchev–Trinajstić information content (AvgIpc) is 2.80. The van der Waals surface area contributed by atoms with Gasteiger partial charge in [0.25, 0.3) is 0 Å². The summed E-state index contributed by atoms with van der Waals surface area (Å²) in [6.07, 6.45) is 8.35. The highest BCUT2D eigenvalue weighted by molar-refractivity contribution is 4.95. The lowest BCUT2D eigenvalue weighted by Crippen LogP contribution is -2.52. The quantitative estimate of drug-likeness (QED) is 0.825. The fourth-order valence-corrected chi connectivity index (χ4v) is 4.71. The Bertz CT molecular complexity index is 275. The van der Waals surface area contributed by atoms with Gasteiger partial charge in [-0.1, -0.05) is 12.8 Å². The molecule has 2 bridgehead atoms. The maximum absolute atomic E-state index is 6.00. The first-order chi connectivity index (χ1) is 8.79. The van der Waals surface area contributed by atoms with E-state index in [1.807, 2.05) is 0 Å². The van der Waals surface area contributed by atoms with Gasteiger partial charge in [0, 0.05) is 18.6 Å². The number of nitrogens with two attached hydrogens (primary N) is 1. The lowest BCUT2D eigenvalue weighted by Gasteiger charge is -2.45. The zero-order chi connectivity index (χ0) is 12.5. The first kappa shape index (κ1) is 12.9. The summed E-state index contributed by atoms with van der Waals surface area (Å²) in [5.74, 6) is 1.69. The summed E-state index contributed by atoms with van der Waals surface area (Å²) in [5.41, 5.74) is 6.00. The van der Waals surface area contributed by atoms with Crippen LogP contribution < -0.4 is 5.73 Å². The fourth-order valence-electron chi connectivity index (χ4n) is 4.71. The number of hydrogen-bond acceptors (Lipinski definition) is 3. The van der Waals surface area contributed by atoms with Crippen LogP contribution in [-0.2, 0) is 0 Å². The third-order valence-electron chi connectivity index (χ3n) is 5.81. The Kier molecular flexibility index (Phi) is 3.92. The van der Waals surface area contributed by atoms with Crippen molar-refractivity contribution in [3.63, 3.8) is 0 Å². The largest absolute Gasteiger partial charge is 0.330 e. The molecule has 0 radical (unpaired) electrons. The third kappa shape index (κ3) is 2.33. The van der Waals surface area contributed by atoms with Crippen molar-refractivity contribution in [1.82, 2.24) is 9.80 Å². The van der Waals surface area contributed by atoms with Gasteiger partial charge in [0.1, 0.15) is 0 Å². The van der Waals surface area contributed by atoms with E-state index in [0.29, 0.717) is 0 Å². The maximum Gasteiger partial charge on any atom is 0.0148 e. The summed E-state index contributed by atoms with van der Waals surface area (Å²) in [6.45, 7) is 4.92. The second kappa shape index (κ2) is 5.48. The smallest absolute Gasteiger partial charge is 0.0148 e. The average molecular weight is 251 g/mol. The van der Waals surface area contributed by atoms with Crippen LogP contribution in [0.4, 0.5) is 0 Å². The number of rotatable bonds is 3. The van der Waals surface area contributed by atoms with Crippen molar-refractivity contribution in [3.05, 3.63) is 0 Å². The molecule has 2 saturated heterocycles. The number of nitrogens with zero attached hydrogens (tertiary/aromatic N) is 2. The van der Waals surface area contributed by atoms with E-state index in [2.05, 4.69) is 16.8 Å². The van der Waals surface area contributed by atoms with Crippen LogP contribution in [0.5, 0.6) is 0 Å². The number of hydrogen-bond donors (Lipinski definition) is 1. The van der Waals surface area contributed by atoms with Gasteiger partial charge in [-0.05, 0) is 64.2 Å². The van der Waals surface area contributed by atoms with Gasteiger partial charge in [-0.2, -0.15) is 0 Å². The monoisotopic (exact) mass is 251 g/mol. The van der Waals surface area contributed by atoms with Gasteiger partial charge in [0.15, 0.2) is 0 Å². The van der Waals surface area contributed by atoms with Crippen LogP contribution in [0.3, 0.4) is 0 Å². The lowest BCUT2D eigenvalue weighted by atomic mass is 9.81. The Morgan fingerprint density at radius 3 is 2.67 bits per heavy atom. The molecule has 0 amide bonds. The molecule has 0 aromatic rings. The normalized spacial score (nSPS) is 44.5. The molecule has 0 spiro atoms. The highest BCUT2D eigenvalue weighted by Gasteiger charge is 2.39. The summed E-state index contributed by atoms with van der Waals surface area (Å²) in [5, 5.41) is 0. The Balaban J connectivity index is 1.66. The zero-order valence-electron chi connectivity index (χ0n) is 11.9. The molecule has 1 aliphatic carbocycles. The van der Waals surface area contributed by atoms with Gasteiger partial charge in [0.05, 0.1) is 0 Å². The molecule has 104 valence electrons. The molecule has 2 N–H and O–H groups in total. The standard InChI is InChI=1S/C15H29N3/c1-17(14-5-3-2-4-12(14)10-16)15-7-9-18-8-6-13(15)11-18/h12-15H,2-11,16H2,1H3. The molecule has 3 aliphatic rings. The molecule has 2 heterocycles. The van der Waals surface area contributed by atoms with E-state index < -0.39 is 0 Å². The van der Waals surface area contributed by atoms with Gasteiger partial charge in [-0.25, -0.2) is 0 Å². The van der Waals surface area contributed by atoms with Crippen LogP contribution in [0.25, 0.3) is 0 Å². The highest BCUT2D eigenvalue weighted by atomic mass is 15.2. The van der Waals surface area contributed by atoms with Crippen LogP contribution in [0.1, 0.15) is 38.5 Å². The number of fused-ring (bicyclic) bond motifs is 2. The van der Waals surface area contributed by atoms with Gasteiger partial charge in [-0.3, -0.25) is 4.90 Å². The maximum atomic E-state index is 6.00. The van der Waals surface area contributed by atoms with Gasteiger partial charge in [0.2, 0.25) is 0 Å². The molecule has 2 aliphatic heterocycles. The van der Waals surface area contributed by atoms with Crippen molar-refractivity contribution < 1.29 is 0 Å². The van der Waals surface area contributed by atoms with Crippen LogP contribution >= 0.6 is 0 Å². The van der Waals surface area contributed by atoms with E-state index in [1.165, 1.54) is 58.2 Å². The summed E-state index contributed by atoms with van der Waals surface area (Å²) in [6, 6.07) is 1.60. The lowest BCUT2D eigenvalue weighted by molar-refractivity contribution is 0.0436. The molecule has 18 heavy (non-hydrogen) atoms. The Labute approximate surface area is 112 Å². The summed E-state index contributed by atoms with van der Waals surface area (Å²) in [7, 11) is 2.39. The topological polar surface area (TPSA) is 32.5 Å². The molecule has 3 fully saturated rings. The summed E-state index contributed by atoms with van der Waals surface area (Å²) >= 11 is 0. The number of piperidine rings is 1. The van der Waals surface area contributed by atoms with E-state index in [-0.39, 0.29) is 0 Å².